The number of ether oxygens (including phenoxy) is 1. The van der Waals surface area contributed by atoms with Crippen LogP contribution in [0.1, 0.15) is 24.5 Å². The van der Waals surface area contributed by atoms with E-state index in [0.717, 1.165) is 11.3 Å². The van der Waals surface area contributed by atoms with E-state index in [0.29, 0.717) is 19.5 Å². The van der Waals surface area contributed by atoms with Gasteiger partial charge < -0.3 is 10.5 Å². The van der Waals surface area contributed by atoms with Gasteiger partial charge in [0.05, 0.1) is 12.2 Å². The lowest BCUT2D eigenvalue weighted by molar-refractivity contribution is 0.0672. The maximum absolute atomic E-state index is 12.0. The number of nitrogens with zero attached hydrogens (tertiary/aromatic N) is 1. The van der Waals surface area contributed by atoms with E-state index in [1.54, 1.807) is 4.90 Å². The molecular weight excluding hydrogens is 228 g/mol. The van der Waals surface area contributed by atoms with Crippen LogP contribution in [0.3, 0.4) is 0 Å². The zero-order valence-corrected chi connectivity index (χ0v) is 11.2. The van der Waals surface area contributed by atoms with Crippen LogP contribution in [0.2, 0.25) is 0 Å². The normalized spacial score (nSPS) is 23.3. The monoisotopic (exact) mass is 248 g/mol. The smallest absolute Gasteiger partial charge is 0.415 e. The number of carbonyl (C=O) groups is 1. The molecule has 2 rings (SSSR count). The van der Waals surface area contributed by atoms with Crippen LogP contribution < -0.4 is 10.6 Å². The molecule has 4 heteroatoms. The van der Waals surface area contributed by atoms with Crippen molar-refractivity contribution >= 4 is 11.8 Å². The number of anilines is 1. The van der Waals surface area contributed by atoms with E-state index in [1.807, 2.05) is 39.0 Å². The number of nitrogens with two attached hydrogens (primary N) is 1. The molecule has 98 valence electrons. The predicted molar refractivity (Wildman–Crippen MR) is 71.8 cm³/mol. The topological polar surface area (TPSA) is 55.6 Å². The third-order valence-electron chi connectivity index (χ3n) is 3.59. The van der Waals surface area contributed by atoms with E-state index in [2.05, 4.69) is 0 Å². The van der Waals surface area contributed by atoms with Gasteiger partial charge in [0.15, 0.2) is 0 Å². The Morgan fingerprint density at radius 1 is 1.44 bits per heavy atom. The van der Waals surface area contributed by atoms with E-state index in [9.17, 15) is 4.79 Å². The molecule has 0 spiro atoms. The zero-order valence-electron chi connectivity index (χ0n) is 11.2. The minimum Gasteiger partial charge on any atom is -0.441 e. The second kappa shape index (κ2) is 4.61. The quantitative estimate of drug-likeness (QED) is 0.893. The molecule has 0 aromatic heterocycles. The predicted octanol–water partition coefficient (Wildman–Crippen LogP) is 2.37. The summed E-state index contributed by atoms with van der Waals surface area (Å²) < 4.78 is 5.46. The number of rotatable bonds is 3. The summed E-state index contributed by atoms with van der Waals surface area (Å²) in [7, 11) is 0. The minimum atomic E-state index is -0.470. The second-order valence-corrected chi connectivity index (χ2v) is 5.16. The van der Waals surface area contributed by atoms with Crippen LogP contribution in [-0.2, 0) is 4.74 Å². The maximum Gasteiger partial charge on any atom is 0.415 e. The summed E-state index contributed by atoms with van der Waals surface area (Å²) in [5.74, 6) is 0. The molecule has 1 fully saturated rings. The molecule has 0 bridgehead atoms. The van der Waals surface area contributed by atoms with Crippen molar-refractivity contribution in [1.29, 1.82) is 0 Å². The summed E-state index contributed by atoms with van der Waals surface area (Å²) in [5, 5.41) is 0. The molecule has 18 heavy (non-hydrogen) atoms. The van der Waals surface area contributed by atoms with Gasteiger partial charge in [-0.15, -0.1) is 0 Å². The van der Waals surface area contributed by atoms with Gasteiger partial charge in [0.1, 0.15) is 5.60 Å². The first-order valence-corrected chi connectivity index (χ1v) is 6.24. The standard InChI is InChI=1S/C14H20N2O2/c1-10-5-4-6-12(11(10)2)16-9-14(3,7-8-15)18-13(16)17/h4-6H,7-9,15H2,1-3H3. The minimum absolute atomic E-state index is 0.278. The summed E-state index contributed by atoms with van der Waals surface area (Å²) >= 11 is 0. The Kier molecular flexibility index (Phi) is 3.30. The number of hydrogen-bond donors (Lipinski definition) is 1. The summed E-state index contributed by atoms with van der Waals surface area (Å²) in [6.45, 7) is 7.08. The molecule has 1 aromatic rings. The average Bonchev–Trinajstić information content (AvgIpc) is 2.58. The number of cyclic esters (lactones) is 1. The van der Waals surface area contributed by atoms with Crippen molar-refractivity contribution in [3.05, 3.63) is 29.3 Å². The highest BCUT2D eigenvalue weighted by Gasteiger charge is 2.41. The Morgan fingerprint density at radius 3 is 2.83 bits per heavy atom. The number of hydrogen-bond acceptors (Lipinski definition) is 3. The number of aryl methyl sites for hydroxylation is 1. The van der Waals surface area contributed by atoms with Crippen LogP contribution in [0.4, 0.5) is 10.5 Å². The molecular formula is C14H20N2O2. The molecule has 1 amide bonds. The van der Waals surface area contributed by atoms with Crippen molar-refractivity contribution in [2.45, 2.75) is 32.8 Å². The van der Waals surface area contributed by atoms with Gasteiger partial charge in [0, 0.05) is 6.42 Å². The average molecular weight is 248 g/mol. The SMILES string of the molecule is Cc1cccc(N2CC(C)(CCN)OC2=O)c1C. The van der Waals surface area contributed by atoms with E-state index in [1.165, 1.54) is 5.56 Å². The van der Waals surface area contributed by atoms with E-state index in [4.69, 9.17) is 10.5 Å². The molecule has 1 aromatic carbocycles. The van der Waals surface area contributed by atoms with Gasteiger partial charge in [-0.3, -0.25) is 4.90 Å². The molecule has 0 aliphatic carbocycles. The zero-order chi connectivity index (χ0) is 13.3. The van der Waals surface area contributed by atoms with Crippen molar-refractivity contribution in [2.24, 2.45) is 5.73 Å². The maximum atomic E-state index is 12.0. The fourth-order valence-electron chi connectivity index (χ4n) is 2.34. The molecule has 1 aliphatic rings. The van der Waals surface area contributed by atoms with Gasteiger partial charge in [-0.05, 0) is 44.5 Å². The highest BCUT2D eigenvalue weighted by Crippen LogP contribution is 2.32. The van der Waals surface area contributed by atoms with Crippen LogP contribution in [0.25, 0.3) is 0 Å². The van der Waals surface area contributed by atoms with E-state index >= 15 is 0 Å². The Bertz CT molecular complexity index is 473. The van der Waals surface area contributed by atoms with Crippen LogP contribution in [0.5, 0.6) is 0 Å². The summed E-state index contributed by atoms with van der Waals surface area (Å²) in [5.41, 5.74) is 8.32. The Balaban J connectivity index is 2.30. The van der Waals surface area contributed by atoms with Crippen molar-refractivity contribution in [2.75, 3.05) is 18.0 Å². The third-order valence-corrected chi connectivity index (χ3v) is 3.59. The second-order valence-electron chi connectivity index (χ2n) is 5.16. The van der Waals surface area contributed by atoms with Gasteiger partial charge in [0.25, 0.3) is 0 Å². The summed E-state index contributed by atoms with van der Waals surface area (Å²) in [6.07, 6.45) is 0.403. The number of benzene rings is 1. The van der Waals surface area contributed by atoms with Gasteiger partial charge >= 0.3 is 6.09 Å². The Hall–Kier alpha value is -1.55. The van der Waals surface area contributed by atoms with Crippen molar-refractivity contribution in [3.8, 4) is 0 Å². The number of amides is 1. The first-order chi connectivity index (χ1) is 8.47. The highest BCUT2D eigenvalue weighted by molar-refractivity contribution is 5.91. The summed E-state index contributed by atoms with van der Waals surface area (Å²) in [6, 6.07) is 5.96. The molecule has 2 N–H and O–H groups in total. The molecule has 4 nitrogen and oxygen atoms in total. The molecule has 1 atom stereocenters. The molecule has 1 saturated heterocycles. The highest BCUT2D eigenvalue weighted by atomic mass is 16.6. The molecule has 1 aliphatic heterocycles. The Labute approximate surface area is 108 Å². The first kappa shape index (κ1) is 12.9. The van der Waals surface area contributed by atoms with Crippen LogP contribution in [-0.4, -0.2) is 24.8 Å². The van der Waals surface area contributed by atoms with Crippen molar-refractivity contribution < 1.29 is 9.53 Å². The van der Waals surface area contributed by atoms with Gasteiger partial charge in [0.2, 0.25) is 0 Å². The van der Waals surface area contributed by atoms with E-state index in [-0.39, 0.29) is 6.09 Å². The third kappa shape index (κ3) is 2.20. The lowest BCUT2D eigenvalue weighted by Gasteiger charge is -2.21. The molecule has 0 radical (unpaired) electrons. The molecule has 1 unspecified atom stereocenters. The molecule has 1 heterocycles. The largest absolute Gasteiger partial charge is 0.441 e. The van der Waals surface area contributed by atoms with Gasteiger partial charge in [-0.2, -0.15) is 0 Å². The lowest BCUT2D eigenvalue weighted by Crippen LogP contribution is -2.33. The van der Waals surface area contributed by atoms with Crippen LogP contribution >= 0.6 is 0 Å². The van der Waals surface area contributed by atoms with E-state index < -0.39 is 5.60 Å². The molecule has 0 saturated carbocycles. The van der Waals surface area contributed by atoms with Crippen LogP contribution in [0, 0.1) is 13.8 Å². The van der Waals surface area contributed by atoms with Gasteiger partial charge in [-0.1, -0.05) is 12.1 Å². The fourth-order valence-corrected chi connectivity index (χ4v) is 2.34. The Morgan fingerprint density at radius 2 is 2.17 bits per heavy atom. The van der Waals surface area contributed by atoms with Gasteiger partial charge in [-0.25, -0.2) is 4.79 Å². The summed E-state index contributed by atoms with van der Waals surface area (Å²) in [4.78, 5) is 13.7. The fraction of sp³-hybridized carbons (Fsp3) is 0.500. The number of carbonyl (C=O) groups excluding carboxylic acids is 1. The van der Waals surface area contributed by atoms with Crippen molar-refractivity contribution in [1.82, 2.24) is 0 Å². The van der Waals surface area contributed by atoms with Crippen molar-refractivity contribution in [3.63, 3.8) is 0 Å². The van der Waals surface area contributed by atoms with Crippen LogP contribution in [0.15, 0.2) is 18.2 Å². The lowest BCUT2D eigenvalue weighted by atomic mass is 10.0. The first-order valence-electron chi connectivity index (χ1n) is 6.24.